The first kappa shape index (κ1) is 15.9. The maximum atomic E-state index is 10.7. The maximum Gasteiger partial charge on any atom is 0.341 e. The Bertz CT molecular complexity index is 705. The van der Waals surface area contributed by atoms with Crippen molar-refractivity contribution in [1.29, 1.82) is 0 Å². The van der Waals surface area contributed by atoms with E-state index >= 15 is 0 Å². The minimum atomic E-state index is -1.04. The molecule has 0 amide bonds. The molecule has 1 saturated carbocycles. The van der Waals surface area contributed by atoms with Gasteiger partial charge in [-0.1, -0.05) is 42.5 Å². The third-order valence-electron chi connectivity index (χ3n) is 4.14. The minimum absolute atomic E-state index is 0.285. The van der Waals surface area contributed by atoms with Crippen molar-refractivity contribution in [2.45, 2.75) is 38.0 Å². The van der Waals surface area contributed by atoms with Crippen molar-refractivity contribution < 1.29 is 14.6 Å². The molecule has 1 heterocycles. The van der Waals surface area contributed by atoms with E-state index in [-0.39, 0.29) is 5.02 Å². The predicted octanol–water partition coefficient (Wildman–Crippen LogP) is 5.72. The van der Waals surface area contributed by atoms with Gasteiger partial charge in [0.15, 0.2) is 6.61 Å². The van der Waals surface area contributed by atoms with Gasteiger partial charge in [-0.3, -0.25) is 0 Å². The number of rotatable bonds is 4. The van der Waals surface area contributed by atoms with Gasteiger partial charge in [0.25, 0.3) is 0 Å². The van der Waals surface area contributed by atoms with Crippen molar-refractivity contribution >= 4 is 50.6 Å². The SMILES string of the molecule is O=C(O)COc1cc2c(C3CCCCC3)csc2c(Cl)c1Cl. The molecule has 0 aliphatic heterocycles. The fraction of sp³-hybridized carbons (Fsp3) is 0.438. The lowest BCUT2D eigenvalue weighted by Crippen LogP contribution is -2.09. The summed E-state index contributed by atoms with van der Waals surface area (Å²) in [6.07, 6.45) is 6.20. The van der Waals surface area contributed by atoms with Crippen LogP contribution in [0.15, 0.2) is 11.4 Å². The molecule has 1 aliphatic rings. The van der Waals surface area contributed by atoms with Gasteiger partial charge in [0.1, 0.15) is 10.8 Å². The molecule has 2 aromatic rings. The van der Waals surface area contributed by atoms with Gasteiger partial charge in [-0.2, -0.15) is 0 Å². The van der Waals surface area contributed by atoms with E-state index < -0.39 is 12.6 Å². The molecule has 1 fully saturated rings. The number of carbonyl (C=O) groups is 1. The Kier molecular flexibility index (Phi) is 4.81. The van der Waals surface area contributed by atoms with Crippen LogP contribution in [-0.4, -0.2) is 17.7 Å². The second-order valence-electron chi connectivity index (χ2n) is 5.59. The highest BCUT2D eigenvalue weighted by Gasteiger charge is 2.22. The number of ether oxygens (including phenoxy) is 1. The zero-order valence-corrected chi connectivity index (χ0v) is 14.2. The summed E-state index contributed by atoms with van der Waals surface area (Å²) in [5, 5.41) is 12.7. The van der Waals surface area contributed by atoms with Crippen LogP contribution in [0.25, 0.3) is 10.1 Å². The summed E-state index contributed by atoms with van der Waals surface area (Å²) < 4.78 is 6.24. The summed E-state index contributed by atoms with van der Waals surface area (Å²) in [7, 11) is 0. The van der Waals surface area contributed by atoms with Crippen molar-refractivity contribution in [2.24, 2.45) is 0 Å². The maximum absolute atomic E-state index is 10.7. The molecule has 1 aliphatic carbocycles. The summed E-state index contributed by atoms with van der Waals surface area (Å²) in [5.41, 5.74) is 1.29. The Morgan fingerprint density at radius 3 is 2.68 bits per heavy atom. The lowest BCUT2D eigenvalue weighted by molar-refractivity contribution is -0.139. The highest BCUT2D eigenvalue weighted by molar-refractivity contribution is 7.18. The average molecular weight is 359 g/mol. The second-order valence-corrected chi connectivity index (χ2v) is 7.22. The van der Waals surface area contributed by atoms with Crippen molar-refractivity contribution in [1.82, 2.24) is 0 Å². The molecule has 0 saturated heterocycles. The van der Waals surface area contributed by atoms with Crippen LogP contribution in [0, 0.1) is 0 Å². The largest absolute Gasteiger partial charge is 0.480 e. The summed E-state index contributed by atoms with van der Waals surface area (Å²) in [4.78, 5) is 10.7. The van der Waals surface area contributed by atoms with E-state index in [1.165, 1.54) is 37.7 Å². The number of carboxylic acids is 1. The van der Waals surface area contributed by atoms with E-state index in [4.69, 9.17) is 33.0 Å². The molecule has 1 aromatic carbocycles. The highest BCUT2D eigenvalue weighted by Crippen LogP contribution is 2.46. The van der Waals surface area contributed by atoms with Crippen LogP contribution in [0.4, 0.5) is 0 Å². The van der Waals surface area contributed by atoms with Crippen LogP contribution in [-0.2, 0) is 4.79 Å². The van der Waals surface area contributed by atoms with Gasteiger partial charge in [-0.05, 0) is 35.8 Å². The van der Waals surface area contributed by atoms with Crippen LogP contribution in [0.2, 0.25) is 10.0 Å². The van der Waals surface area contributed by atoms with Crippen molar-refractivity contribution in [3.63, 3.8) is 0 Å². The summed E-state index contributed by atoms with van der Waals surface area (Å²) in [6.45, 7) is -0.426. The standard InChI is InChI=1S/C16H16Cl2O3S/c17-14-12(21-7-13(19)20)6-10-11(8-22-16(10)15(14)18)9-4-2-1-3-5-9/h6,8-9H,1-5,7H2,(H,19,20). The Morgan fingerprint density at radius 2 is 2.00 bits per heavy atom. The Morgan fingerprint density at radius 1 is 1.27 bits per heavy atom. The van der Waals surface area contributed by atoms with Crippen LogP contribution in [0.1, 0.15) is 43.6 Å². The molecule has 1 aromatic heterocycles. The number of thiophene rings is 1. The molecule has 1 N–H and O–H groups in total. The molecule has 0 spiro atoms. The van der Waals surface area contributed by atoms with Crippen molar-refractivity contribution in [3.8, 4) is 5.75 Å². The van der Waals surface area contributed by atoms with E-state index in [9.17, 15) is 4.79 Å². The topological polar surface area (TPSA) is 46.5 Å². The van der Waals surface area contributed by atoms with Gasteiger partial charge in [0.2, 0.25) is 0 Å². The number of aliphatic carboxylic acids is 1. The van der Waals surface area contributed by atoms with Gasteiger partial charge in [-0.25, -0.2) is 4.79 Å². The third kappa shape index (κ3) is 3.05. The normalized spacial score (nSPS) is 16.1. The fourth-order valence-electron chi connectivity index (χ4n) is 3.08. The Hall–Kier alpha value is -0.970. The van der Waals surface area contributed by atoms with Gasteiger partial charge >= 0.3 is 5.97 Å². The lowest BCUT2D eigenvalue weighted by atomic mass is 9.84. The average Bonchev–Trinajstić information content (AvgIpc) is 2.94. The third-order valence-corrected chi connectivity index (χ3v) is 6.13. The van der Waals surface area contributed by atoms with Crippen molar-refractivity contribution in [2.75, 3.05) is 6.61 Å². The quantitative estimate of drug-likeness (QED) is 0.759. The Labute approximate surface area is 142 Å². The molecule has 118 valence electrons. The van der Waals surface area contributed by atoms with E-state index in [1.807, 2.05) is 6.07 Å². The molecular weight excluding hydrogens is 343 g/mol. The number of fused-ring (bicyclic) bond motifs is 1. The van der Waals surface area contributed by atoms with Crippen LogP contribution in [0.3, 0.4) is 0 Å². The first-order chi connectivity index (χ1) is 10.6. The second kappa shape index (κ2) is 6.65. The predicted molar refractivity (Wildman–Crippen MR) is 90.8 cm³/mol. The first-order valence-electron chi connectivity index (χ1n) is 7.31. The molecule has 3 rings (SSSR count). The molecule has 0 atom stereocenters. The number of hydrogen-bond acceptors (Lipinski definition) is 3. The molecule has 22 heavy (non-hydrogen) atoms. The lowest BCUT2D eigenvalue weighted by Gasteiger charge is -2.21. The molecular formula is C16H16Cl2O3S. The van der Waals surface area contributed by atoms with Gasteiger partial charge < -0.3 is 9.84 Å². The zero-order valence-electron chi connectivity index (χ0n) is 11.9. The van der Waals surface area contributed by atoms with Gasteiger partial charge in [0, 0.05) is 5.39 Å². The summed E-state index contributed by atoms with van der Waals surface area (Å²) in [6, 6.07) is 1.84. The molecule has 3 nitrogen and oxygen atoms in total. The van der Waals surface area contributed by atoms with Crippen LogP contribution < -0.4 is 4.74 Å². The van der Waals surface area contributed by atoms with E-state index in [0.29, 0.717) is 16.7 Å². The first-order valence-corrected chi connectivity index (χ1v) is 8.95. The highest BCUT2D eigenvalue weighted by atomic mass is 35.5. The van der Waals surface area contributed by atoms with Crippen LogP contribution in [0.5, 0.6) is 5.75 Å². The van der Waals surface area contributed by atoms with Crippen LogP contribution >= 0.6 is 34.5 Å². The molecule has 0 radical (unpaired) electrons. The van der Waals surface area contributed by atoms with E-state index in [0.717, 1.165) is 10.1 Å². The zero-order chi connectivity index (χ0) is 15.7. The Balaban J connectivity index is 2.02. The number of benzene rings is 1. The smallest absolute Gasteiger partial charge is 0.341 e. The van der Waals surface area contributed by atoms with Gasteiger partial charge in [0.05, 0.1) is 9.72 Å². The molecule has 6 heteroatoms. The fourth-order valence-corrected chi connectivity index (χ4v) is 4.74. The summed E-state index contributed by atoms with van der Waals surface area (Å²) in [5.74, 6) is -0.144. The van der Waals surface area contributed by atoms with Crippen molar-refractivity contribution in [3.05, 3.63) is 27.1 Å². The minimum Gasteiger partial charge on any atom is -0.480 e. The monoisotopic (exact) mass is 358 g/mol. The van der Waals surface area contributed by atoms with Gasteiger partial charge in [-0.15, -0.1) is 11.3 Å². The molecule has 0 unspecified atom stereocenters. The number of halogens is 2. The number of hydrogen-bond donors (Lipinski definition) is 1. The summed E-state index contributed by atoms with van der Waals surface area (Å²) >= 11 is 14.2. The number of carboxylic acid groups (broad SMARTS) is 1. The molecule has 0 bridgehead atoms. The van der Waals surface area contributed by atoms with E-state index in [1.54, 1.807) is 11.3 Å². The van der Waals surface area contributed by atoms with E-state index in [2.05, 4.69) is 5.38 Å².